The van der Waals surface area contributed by atoms with Crippen LogP contribution in [0, 0.1) is 41.5 Å². The average Bonchev–Trinajstić information content (AvgIpc) is 3.30. The van der Waals surface area contributed by atoms with E-state index in [1.54, 1.807) is 0 Å². The Bertz CT molecular complexity index is 3640. The summed E-state index contributed by atoms with van der Waals surface area (Å²) in [7, 11) is 0. The standard InChI is InChI=1S/C64H52B2O2/c1-31(2)39-23-47-43-27-41(57-35(7)19-33(5)20-36(57)8)45-30-52-60-44(48-24-40(32(3)4)26-56-64(48)66(52)50-16-12-14-18-54(50)68-56)28-42(58-37(9)21-34(6)22-38(58)10)46-29-51(59(43)61(45)62(46)60)65-49-15-11-13-17-53(49)67-55(25-39)63(47)65/h11-32H,1-10H3. The number of aryl methyl sites for hydroxylation is 6. The fraction of sp³-hybridized carbons (Fsp3) is 0.188. The third-order valence-corrected chi connectivity index (χ3v) is 16.4. The summed E-state index contributed by atoms with van der Waals surface area (Å²) in [6, 6.07) is 47.3. The molecule has 14 rings (SSSR count). The van der Waals surface area contributed by atoms with Crippen LogP contribution in [0.2, 0.25) is 0 Å². The molecule has 0 aliphatic carbocycles. The van der Waals surface area contributed by atoms with Gasteiger partial charge in [0.1, 0.15) is 23.0 Å². The summed E-state index contributed by atoms with van der Waals surface area (Å²) in [5.41, 5.74) is 28.6. The van der Waals surface area contributed by atoms with Crippen LogP contribution in [0.25, 0.3) is 76.8 Å². The maximum atomic E-state index is 7.03. The second kappa shape index (κ2) is 13.8. The lowest BCUT2D eigenvalue weighted by Crippen LogP contribution is -2.58. The van der Waals surface area contributed by atoms with Crippen molar-refractivity contribution in [3.63, 3.8) is 0 Å². The van der Waals surface area contributed by atoms with E-state index in [2.05, 4.69) is 191 Å². The van der Waals surface area contributed by atoms with E-state index < -0.39 is 0 Å². The van der Waals surface area contributed by atoms with Crippen molar-refractivity contribution in [1.82, 2.24) is 0 Å². The molecule has 0 amide bonds. The van der Waals surface area contributed by atoms with E-state index in [1.807, 2.05) is 0 Å². The van der Waals surface area contributed by atoms with Gasteiger partial charge in [-0.05, 0) is 222 Å². The van der Waals surface area contributed by atoms with Crippen molar-refractivity contribution in [2.75, 3.05) is 0 Å². The molecule has 2 nitrogen and oxygen atoms in total. The Balaban J connectivity index is 1.27. The van der Waals surface area contributed by atoms with Gasteiger partial charge in [-0.1, -0.05) is 135 Å². The molecule has 0 radical (unpaired) electrons. The summed E-state index contributed by atoms with van der Waals surface area (Å²) < 4.78 is 14.1. The average molecular weight is 875 g/mol. The first-order valence-corrected chi connectivity index (χ1v) is 24.8. The molecule has 0 unspecified atom stereocenters. The van der Waals surface area contributed by atoms with Crippen molar-refractivity contribution in [1.29, 1.82) is 0 Å². The first kappa shape index (κ1) is 40.1. The van der Waals surface area contributed by atoms with Crippen LogP contribution in [0.5, 0.6) is 23.0 Å². The number of hydrogen-bond acceptors (Lipinski definition) is 2. The fourth-order valence-corrected chi connectivity index (χ4v) is 13.8. The molecule has 0 spiro atoms. The molecule has 68 heavy (non-hydrogen) atoms. The van der Waals surface area contributed by atoms with Gasteiger partial charge in [0.2, 0.25) is 0 Å². The minimum absolute atomic E-state index is 0.00154. The Morgan fingerprint density at radius 1 is 0.353 bits per heavy atom. The van der Waals surface area contributed by atoms with Crippen LogP contribution in [0.15, 0.2) is 121 Å². The second-order valence-electron chi connectivity index (χ2n) is 21.4. The summed E-state index contributed by atoms with van der Waals surface area (Å²) >= 11 is 0. The molecule has 0 aromatic heterocycles. The largest absolute Gasteiger partial charge is 0.458 e. The zero-order valence-corrected chi connectivity index (χ0v) is 40.7. The van der Waals surface area contributed by atoms with Gasteiger partial charge in [-0.3, -0.25) is 0 Å². The van der Waals surface area contributed by atoms with E-state index in [0.717, 1.165) is 23.0 Å². The molecule has 326 valence electrons. The minimum atomic E-state index is -0.00154. The number of rotatable bonds is 4. The molecule has 10 aromatic carbocycles. The summed E-state index contributed by atoms with van der Waals surface area (Å²) in [4.78, 5) is 0. The molecule has 4 heterocycles. The number of para-hydroxylation sites is 2. The van der Waals surface area contributed by atoms with Crippen LogP contribution in [-0.4, -0.2) is 13.4 Å². The molecule has 0 bridgehead atoms. The third kappa shape index (κ3) is 5.21. The van der Waals surface area contributed by atoms with Crippen molar-refractivity contribution >= 4 is 78.5 Å². The summed E-state index contributed by atoms with van der Waals surface area (Å²) in [6.07, 6.45) is 0. The molecule has 4 heteroatoms. The van der Waals surface area contributed by atoms with E-state index in [0.29, 0.717) is 11.8 Å². The van der Waals surface area contributed by atoms with Gasteiger partial charge in [0, 0.05) is 0 Å². The highest BCUT2D eigenvalue weighted by Gasteiger charge is 2.44. The normalized spacial score (nSPS) is 13.6. The lowest BCUT2D eigenvalue weighted by Gasteiger charge is -2.38. The Morgan fingerprint density at radius 2 is 0.735 bits per heavy atom. The highest BCUT2D eigenvalue weighted by atomic mass is 16.5. The molecule has 4 aliphatic rings. The van der Waals surface area contributed by atoms with Crippen LogP contribution in [0.4, 0.5) is 0 Å². The maximum absolute atomic E-state index is 7.03. The summed E-state index contributed by atoms with van der Waals surface area (Å²) in [5.74, 6) is 4.53. The Hall–Kier alpha value is -7.03. The van der Waals surface area contributed by atoms with Crippen LogP contribution < -0.4 is 42.3 Å². The van der Waals surface area contributed by atoms with Gasteiger partial charge in [-0.2, -0.15) is 0 Å². The van der Waals surface area contributed by atoms with E-state index >= 15 is 0 Å². The van der Waals surface area contributed by atoms with Crippen LogP contribution in [-0.2, 0) is 0 Å². The first-order chi connectivity index (χ1) is 32.8. The predicted octanol–water partition coefficient (Wildman–Crippen LogP) is 13.2. The highest BCUT2D eigenvalue weighted by molar-refractivity contribution is 7.01. The smallest absolute Gasteiger partial charge is 0.252 e. The maximum Gasteiger partial charge on any atom is 0.252 e. The zero-order valence-electron chi connectivity index (χ0n) is 40.7. The molecular weight excluding hydrogens is 822 g/mol. The third-order valence-electron chi connectivity index (χ3n) is 16.4. The van der Waals surface area contributed by atoms with E-state index in [1.165, 1.54) is 154 Å². The van der Waals surface area contributed by atoms with Crippen molar-refractivity contribution < 1.29 is 9.47 Å². The quantitative estimate of drug-likeness (QED) is 0.130. The Kier molecular flexibility index (Phi) is 8.13. The van der Waals surface area contributed by atoms with Gasteiger partial charge in [-0.15, -0.1) is 0 Å². The van der Waals surface area contributed by atoms with E-state index in [-0.39, 0.29) is 13.4 Å². The molecule has 10 aromatic rings. The van der Waals surface area contributed by atoms with Gasteiger partial charge in [-0.25, -0.2) is 0 Å². The molecular formula is C64H52B2O2. The summed E-state index contributed by atoms with van der Waals surface area (Å²) in [5, 5.41) is 8.16. The molecule has 0 fully saturated rings. The topological polar surface area (TPSA) is 18.5 Å². The first-order valence-electron chi connectivity index (χ1n) is 24.8. The number of hydrogen-bond donors (Lipinski definition) is 0. The Morgan fingerprint density at radius 3 is 1.12 bits per heavy atom. The molecule has 4 aliphatic heterocycles. The molecule has 0 saturated heterocycles. The predicted molar refractivity (Wildman–Crippen MR) is 291 cm³/mol. The van der Waals surface area contributed by atoms with Crippen LogP contribution >= 0.6 is 0 Å². The zero-order chi connectivity index (χ0) is 46.3. The van der Waals surface area contributed by atoms with Crippen LogP contribution in [0.1, 0.15) is 84.0 Å². The van der Waals surface area contributed by atoms with Gasteiger partial charge in [0.05, 0.1) is 0 Å². The summed E-state index contributed by atoms with van der Waals surface area (Å²) in [6.45, 7) is 23.0. The second-order valence-corrected chi connectivity index (χ2v) is 21.4. The monoisotopic (exact) mass is 874 g/mol. The fourth-order valence-electron chi connectivity index (χ4n) is 13.8. The number of fused-ring (bicyclic) bond motifs is 8. The van der Waals surface area contributed by atoms with E-state index in [9.17, 15) is 0 Å². The van der Waals surface area contributed by atoms with Crippen molar-refractivity contribution in [3.8, 4) is 67.5 Å². The van der Waals surface area contributed by atoms with Crippen LogP contribution in [0.3, 0.4) is 0 Å². The van der Waals surface area contributed by atoms with Crippen molar-refractivity contribution in [2.24, 2.45) is 0 Å². The van der Waals surface area contributed by atoms with Gasteiger partial charge in [0.25, 0.3) is 13.4 Å². The van der Waals surface area contributed by atoms with Gasteiger partial charge < -0.3 is 9.47 Å². The number of benzene rings is 10. The molecule has 0 N–H and O–H groups in total. The minimum Gasteiger partial charge on any atom is -0.458 e. The highest BCUT2D eigenvalue weighted by Crippen LogP contribution is 2.52. The van der Waals surface area contributed by atoms with Gasteiger partial charge >= 0.3 is 0 Å². The molecule has 0 saturated carbocycles. The number of ether oxygens (including phenoxy) is 2. The molecule has 0 atom stereocenters. The van der Waals surface area contributed by atoms with Crippen molar-refractivity contribution in [3.05, 3.63) is 166 Å². The van der Waals surface area contributed by atoms with Gasteiger partial charge in [0.15, 0.2) is 0 Å². The van der Waals surface area contributed by atoms with Crippen molar-refractivity contribution in [2.45, 2.75) is 81.1 Å². The van der Waals surface area contributed by atoms with E-state index in [4.69, 9.17) is 9.47 Å². The lowest BCUT2D eigenvalue weighted by molar-refractivity contribution is 0.486. The SMILES string of the molecule is Cc1cc(C)c(-c2cc3c4c(cc5c(-c6c(C)cc(C)cc6C)cc6c7c(cc2c4c57)B2c4ccccc4Oc4cc(C(C)C)cc-6c42)B2c4ccccc4Oc4cc(C(C)C)cc-3c42)c(C)c1. The Labute approximate surface area is 400 Å². The lowest BCUT2D eigenvalue weighted by atomic mass is 9.31.